The van der Waals surface area contributed by atoms with Gasteiger partial charge in [0.1, 0.15) is 5.75 Å². The normalized spacial score (nSPS) is 9.86. The third-order valence-corrected chi connectivity index (χ3v) is 4.16. The van der Waals surface area contributed by atoms with E-state index >= 15 is 0 Å². The van der Waals surface area contributed by atoms with Crippen LogP contribution in [-0.2, 0) is 0 Å². The Hall–Kier alpha value is -3.28. The van der Waals surface area contributed by atoms with E-state index in [0.29, 0.717) is 32.9 Å². The van der Waals surface area contributed by atoms with E-state index in [-0.39, 0.29) is 11.0 Å². The molecule has 1 amide bonds. The van der Waals surface area contributed by atoms with Crippen molar-refractivity contribution < 1.29 is 9.53 Å². The molecule has 0 aliphatic heterocycles. The smallest absolute Gasteiger partial charge is 0.257 e. The van der Waals surface area contributed by atoms with E-state index in [1.54, 1.807) is 60.8 Å². The Morgan fingerprint density at radius 3 is 2.54 bits per heavy atom. The molecule has 0 saturated heterocycles. The number of thiocarbonyl (C=S) groups is 1. The summed E-state index contributed by atoms with van der Waals surface area (Å²) in [5.41, 5.74) is 1.02. The highest BCUT2D eigenvalue weighted by Gasteiger charge is 2.12. The number of ether oxygens (including phenoxy) is 1. The molecule has 0 atom stereocenters. The Morgan fingerprint density at radius 2 is 1.86 bits per heavy atom. The van der Waals surface area contributed by atoms with E-state index < -0.39 is 0 Å². The van der Waals surface area contributed by atoms with Crippen molar-refractivity contribution in [3.05, 3.63) is 82.5 Å². The molecule has 0 unspecified atom stereocenters. The fourth-order valence-corrected chi connectivity index (χ4v) is 2.72. The minimum atomic E-state index is -0.329. The summed E-state index contributed by atoms with van der Waals surface area (Å²) in [5, 5.41) is 14.5. The summed E-state index contributed by atoms with van der Waals surface area (Å²) in [5.74, 6) is 0.937. The van der Waals surface area contributed by atoms with E-state index in [1.807, 2.05) is 6.07 Å². The highest BCUT2D eigenvalue weighted by molar-refractivity contribution is 9.10. The molecule has 0 saturated carbocycles. The molecule has 2 aromatic carbocycles. The quantitative estimate of drug-likeness (QED) is 0.560. The topological polar surface area (TPSA) is 87.0 Å². The SMILES string of the molecule is N#Cc1ccc(Oc2cc(Br)cnc2NC(=S)NC(=O)c2ccccc2)cc1. The number of pyridine rings is 1. The zero-order valence-electron chi connectivity index (χ0n) is 14.3. The van der Waals surface area contributed by atoms with Crippen molar-refractivity contribution in [2.75, 3.05) is 5.32 Å². The molecule has 0 aliphatic rings. The van der Waals surface area contributed by atoms with Crippen LogP contribution >= 0.6 is 28.1 Å². The summed E-state index contributed by atoms with van der Waals surface area (Å²) in [6.07, 6.45) is 1.58. The average molecular weight is 453 g/mol. The first kappa shape index (κ1) is 19.5. The molecule has 0 fully saturated rings. The average Bonchev–Trinajstić information content (AvgIpc) is 2.71. The van der Waals surface area contributed by atoms with Gasteiger partial charge < -0.3 is 10.1 Å². The van der Waals surface area contributed by atoms with Crippen LogP contribution in [0.1, 0.15) is 15.9 Å². The number of hydrogen-bond acceptors (Lipinski definition) is 5. The first-order chi connectivity index (χ1) is 13.5. The monoisotopic (exact) mass is 452 g/mol. The number of halogens is 1. The van der Waals surface area contributed by atoms with E-state index in [4.69, 9.17) is 22.2 Å². The molecular formula is C20H13BrN4O2S. The second-order valence-corrected chi connectivity index (χ2v) is 6.84. The predicted molar refractivity (Wildman–Crippen MR) is 113 cm³/mol. The summed E-state index contributed by atoms with van der Waals surface area (Å²) in [4.78, 5) is 16.5. The lowest BCUT2D eigenvalue weighted by molar-refractivity contribution is 0.0977. The van der Waals surface area contributed by atoms with E-state index in [9.17, 15) is 4.79 Å². The third kappa shape index (κ3) is 5.13. The van der Waals surface area contributed by atoms with Gasteiger partial charge in [-0.2, -0.15) is 5.26 Å². The van der Waals surface area contributed by atoms with Crippen molar-refractivity contribution in [3.8, 4) is 17.6 Å². The Morgan fingerprint density at radius 1 is 1.14 bits per heavy atom. The Bertz CT molecular complexity index is 1050. The van der Waals surface area contributed by atoms with Crippen LogP contribution in [0, 0.1) is 11.3 Å². The number of anilines is 1. The van der Waals surface area contributed by atoms with Crippen LogP contribution in [0.4, 0.5) is 5.82 Å². The van der Waals surface area contributed by atoms with Crippen molar-refractivity contribution in [2.24, 2.45) is 0 Å². The minimum Gasteiger partial charge on any atom is -0.453 e. The van der Waals surface area contributed by atoms with Crippen LogP contribution in [0.3, 0.4) is 0 Å². The predicted octanol–water partition coefficient (Wildman–Crippen LogP) is 4.63. The summed E-state index contributed by atoms with van der Waals surface area (Å²) < 4.78 is 6.55. The number of nitrogens with zero attached hydrogens (tertiary/aromatic N) is 2. The van der Waals surface area contributed by atoms with Crippen LogP contribution in [0.5, 0.6) is 11.5 Å². The van der Waals surface area contributed by atoms with Gasteiger partial charge in [0.2, 0.25) is 0 Å². The molecule has 6 nitrogen and oxygen atoms in total. The second kappa shape index (κ2) is 9.08. The fourth-order valence-electron chi connectivity index (χ4n) is 2.22. The maximum atomic E-state index is 12.2. The molecular weight excluding hydrogens is 440 g/mol. The van der Waals surface area contributed by atoms with Gasteiger partial charge in [0, 0.05) is 22.3 Å². The van der Waals surface area contributed by atoms with Crippen molar-refractivity contribution in [1.82, 2.24) is 10.3 Å². The highest BCUT2D eigenvalue weighted by Crippen LogP contribution is 2.30. The van der Waals surface area contributed by atoms with Gasteiger partial charge in [-0.15, -0.1) is 0 Å². The van der Waals surface area contributed by atoms with E-state index in [0.717, 1.165) is 0 Å². The number of nitriles is 1. The van der Waals surface area contributed by atoms with Gasteiger partial charge in [-0.25, -0.2) is 4.98 Å². The highest BCUT2D eigenvalue weighted by atomic mass is 79.9. The maximum Gasteiger partial charge on any atom is 0.257 e. The lowest BCUT2D eigenvalue weighted by Gasteiger charge is -2.13. The van der Waals surface area contributed by atoms with Gasteiger partial charge in [-0.3, -0.25) is 10.1 Å². The van der Waals surface area contributed by atoms with Crippen LogP contribution in [-0.4, -0.2) is 16.0 Å². The van der Waals surface area contributed by atoms with Crippen molar-refractivity contribution in [3.63, 3.8) is 0 Å². The molecule has 1 aromatic heterocycles. The van der Waals surface area contributed by atoms with Gasteiger partial charge in [-0.05, 0) is 64.5 Å². The number of amides is 1. The maximum absolute atomic E-state index is 12.2. The molecule has 0 bridgehead atoms. The number of carbonyl (C=O) groups is 1. The van der Waals surface area contributed by atoms with E-state index in [1.165, 1.54) is 0 Å². The second-order valence-electron chi connectivity index (χ2n) is 5.51. The van der Waals surface area contributed by atoms with Crippen LogP contribution < -0.4 is 15.4 Å². The molecule has 3 rings (SSSR count). The van der Waals surface area contributed by atoms with Crippen LogP contribution in [0.15, 0.2) is 71.3 Å². The van der Waals surface area contributed by atoms with Gasteiger partial charge in [0.25, 0.3) is 5.91 Å². The molecule has 28 heavy (non-hydrogen) atoms. The minimum absolute atomic E-state index is 0.0911. The van der Waals surface area contributed by atoms with Gasteiger partial charge >= 0.3 is 0 Å². The number of aromatic nitrogens is 1. The van der Waals surface area contributed by atoms with Gasteiger partial charge in [0.05, 0.1) is 11.6 Å². The van der Waals surface area contributed by atoms with Gasteiger partial charge in [-0.1, -0.05) is 18.2 Å². The molecule has 0 radical (unpaired) electrons. The third-order valence-electron chi connectivity index (χ3n) is 3.53. The van der Waals surface area contributed by atoms with Crippen LogP contribution in [0.2, 0.25) is 0 Å². The number of nitrogens with one attached hydrogen (secondary N) is 2. The number of carbonyl (C=O) groups excluding carboxylic acids is 1. The zero-order valence-corrected chi connectivity index (χ0v) is 16.8. The molecule has 0 spiro atoms. The van der Waals surface area contributed by atoms with Crippen molar-refractivity contribution in [2.45, 2.75) is 0 Å². The summed E-state index contributed by atoms with van der Waals surface area (Å²) in [6.45, 7) is 0. The molecule has 3 aromatic rings. The fraction of sp³-hybridized carbons (Fsp3) is 0. The van der Waals surface area contributed by atoms with Crippen molar-refractivity contribution >= 4 is 45.0 Å². The summed E-state index contributed by atoms with van der Waals surface area (Å²) >= 11 is 8.57. The Labute approximate surface area is 175 Å². The number of rotatable bonds is 4. The Kier molecular flexibility index (Phi) is 6.32. The largest absolute Gasteiger partial charge is 0.453 e. The van der Waals surface area contributed by atoms with Crippen molar-refractivity contribution in [1.29, 1.82) is 5.26 Å². The lowest BCUT2D eigenvalue weighted by atomic mass is 10.2. The molecule has 1 heterocycles. The zero-order chi connectivity index (χ0) is 19.9. The first-order valence-electron chi connectivity index (χ1n) is 8.06. The van der Waals surface area contributed by atoms with Gasteiger partial charge in [0.15, 0.2) is 16.7 Å². The Balaban J connectivity index is 1.73. The molecule has 0 aliphatic carbocycles. The molecule has 2 N–H and O–H groups in total. The molecule has 138 valence electrons. The molecule has 8 heteroatoms. The number of hydrogen-bond donors (Lipinski definition) is 2. The van der Waals surface area contributed by atoms with Crippen LogP contribution in [0.25, 0.3) is 0 Å². The summed E-state index contributed by atoms with van der Waals surface area (Å²) in [7, 11) is 0. The summed E-state index contributed by atoms with van der Waals surface area (Å²) in [6, 6.07) is 19.2. The van der Waals surface area contributed by atoms with E-state index in [2.05, 4.69) is 37.6 Å². The first-order valence-corrected chi connectivity index (χ1v) is 9.26. The number of benzene rings is 2. The standard InChI is InChI=1S/C20H13BrN4O2S/c21-15-10-17(27-16-8-6-13(11-22)7-9-16)18(23-12-15)24-20(28)25-19(26)14-4-2-1-3-5-14/h1-10,12H,(H2,23,24,25,26,28). The lowest BCUT2D eigenvalue weighted by Crippen LogP contribution is -2.34.